The van der Waals surface area contributed by atoms with Gasteiger partial charge in [-0.3, -0.25) is 10.1 Å². The number of halogens is 2. The van der Waals surface area contributed by atoms with Crippen molar-refractivity contribution in [2.24, 2.45) is 0 Å². The Labute approximate surface area is 102 Å². The highest BCUT2D eigenvalue weighted by atomic mass is 79.9. The number of hydrogen-bond acceptors (Lipinski definition) is 4. The predicted octanol–water partition coefficient (Wildman–Crippen LogP) is 3.12. The summed E-state index contributed by atoms with van der Waals surface area (Å²) < 4.78 is 5.28. The molecule has 1 aromatic heterocycles. The van der Waals surface area contributed by atoms with Crippen LogP contribution in [0.15, 0.2) is 31.9 Å². The van der Waals surface area contributed by atoms with Crippen LogP contribution in [0.25, 0.3) is 11.0 Å². The lowest BCUT2D eigenvalue weighted by Gasteiger charge is -2.00. The molecule has 0 aliphatic rings. The number of non-ortho nitro benzene ring substituents is 1. The number of nitrogens with zero attached hydrogens (tertiary/aromatic N) is 1. The van der Waals surface area contributed by atoms with Crippen LogP contribution in [-0.2, 0) is 0 Å². The van der Waals surface area contributed by atoms with Gasteiger partial charge in [-0.1, -0.05) is 27.5 Å². The summed E-state index contributed by atoms with van der Waals surface area (Å²) in [6, 6.07) is 3.87. The molecule has 0 fully saturated rings. The zero-order chi connectivity index (χ0) is 11.9. The van der Waals surface area contributed by atoms with E-state index in [1.807, 2.05) is 0 Å². The van der Waals surface area contributed by atoms with Crippen molar-refractivity contribution in [2.45, 2.75) is 0 Å². The van der Waals surface area contributed by atoms with E-state index in [2.05, 4.69) is 15.9 Å². The maximum atomic E-state index is 11.1. The molecule has 0 aliphatic carbocycles. The Morgan fingerprint density at radius 2 is 2.06 bits per heavy atom. The summed E-state index contributed by atoms with van der Waals surface area (Å²) in [7, 11) is 0. The molecule has 82 valence electrons. The lowest BCUT2D eigenvalue weighted by Crippen LogP contribution is -1.98. The zero-order valence-electron chi connectivity index (χ0n) is 7.57. The first-order chi connectivity index (χ1) is 7.49. The van der Waals surface area contributed by atoms with E-state index in [-0.39, 0.29) is 16.3 Å². The molecule has 2 rings (SSSR count). The minimum atomic E-state index is -0.720. The van der Waals surface area contributed by atoms with E-state index in [1.54, 1.807) is 6.07 Å². The van der Waals surface area contributed by atoms with Crippen molar-refractivity contribution in [1.29, 1.82) is 0 Å². The van der Waals surface area contributed by atoms with Crippen LogP contribution in [0.5, 0.6) is 0 Å². The van der Waals surface area contributed by atoms with Gasteiger partial charge in [-0.15, -0.1) is 0 Å². The van der Waals surface area contributed by atoms with Crippen molar-refractivity contribution in [3.05, 3.63) is 48.2 Å². The molecule has 0 bridgehead atoms. The number of benzene rings is 1. The molecule has 0 atom stereocenters. The molecule has 7 heteroatoms. The lowest BCUT2D eigenvalue weighted by atomic mass is 10.2. The monoisotopic (exact) mass is 303 g/mol. The van der Waals surface area contributed by atoms with Gasteiger partial charge in [0.15, 0.2) is 0 Å². The van der Waals surface area contributed by atoms with Crippen LogP contribution >= 0.6 is 27.5 Å². The topological polar surface area (TPSA) is 73.3 Å². The Morgan fingerprint density at radius 3 is 2.69 bits per heavy atom. The average Bonchev–Trinajstić information content (AvgIpc) is 2.18. The fourth-order valence-electron chi connectivity index (χ4n) is 1.31. The molecule has 0 unspecified atom stereocenters. The maximum Gasteiger partial charge on any atom is 0.337 e. The molecular formula is C9H3BrClNO4. The first kappa shape index (κ1) is 11.1. The van der Waals surface area contributed by atoms with E-state index in [0.717, 1.165) is 6.07 Å². The number of hydrogen-bond donors (Lipinski definition) is 0. The van der Waals surface area contributed by atoms with E-state index in [4.69, 9.17) is 16.0 Å². The molecule has 5 nitrogen and oxygen atoms in total. The number of rotatable bonds is 1. The van der Waals surface area contributed by atoms with Crippen molar-refractivity contribution in [3.63, 3.8) is 0 Å². The third-order valence-corrected chi connectivity index (χ3v) is 2.71. The average molecular weight is 304 g/mol. The van der Waals surface area contributed by atoms with Crippen LogP contribution in [0.2, 0.25) is 5.02 Å². The number of fused-ring (bicyclic) bond motifs is 1. The van der Waals surface area contributed by atoms with Crippen LogP contribution in [0.4, 0.5) is 5.69 Å². The van der Waals surface area contributed by atoms with Gasteiger partial charge in [0.25, 0.3) is 0 Å². The molecule has 0 N–H and O–H groups in total. The molecule has 0 amide bonds. The SMILES string of the molecule is O=c1cc(Cl)c2cc(Br)cc([N+](=O)[O-])c2o1. The largest absolute Gasteiger partial charge is 0.415 e. The lowest BCUT2D eigenvalue weighted by molar-refractivity contribution is -0.383. The van der Waals surface area contributed by atoms with Gasteiger partial charge in [-0.25, -0.2) is 4.79 Å². The van der Waals surface area contributed by atoms with Gasteiger partial charge < -0.3 is 4.42 Å². The van der Waals surface area contributed by atoms with Crippen molar-refractivity contribution >= 4 is 44.2 Å². The second-order valence-electron chi connectivity index (χ2n) is 2.97. The Bertz CT molecular complexity index is 652. The molecule has 0 aliphatic heterocycles. The van der Waals surface area contributed by atoms with Gasteiger partial charge in [0, 0.05) is 22.0 Å². The summed E-state index contributed by atoms with van der Waals surface area (Å²) in [4.78, 5) is 21.2. The standard InChI is InChI=1S/C9H3BrClNO4/c10-4-1-5-6(11)3-8(13)16-9(5)7(2-4)12(14)15/h1-3H. The van der Waals surface area contributed by atoms with Gasteiger partial charge >= 0.3 is 11.3 Å². The first-order valence-electron chi connectivity index (χ1n) is 4.06. The molecule has 1 heterocycles. The van der Waals surface area contributed by atoms with E-state index in [0.29, 0.717) is 9.86 Å². The Balaban J connectivity index is 3.01. The molecule has 16 heavy (non-hydrogen) atoms. The molecule has 0 radical (unpaired) electrons. The second kappa shape index (κ2) is 3.88. The van der Waals surface area contributed by atoms with E-state index in [9.17, 15) is 14.9 Å². The van der Waals surface area contributed by atoms with Crippen LogP contribution in [-0.4, -0.2) is 4.92 Å². The number of nitro benzene ring substituents is 1. The van der Waals surface area contributed by atoms with Gasteiger partial charge in [0.05, 0.1) is 9.95 Å². The molecule has 0 saturated carbocycles. The van der Waals surface area contributed by atoms with Crippen molar-refractivity contribution in [3.8, 4) is 0 Å². The zero-order valence-corrected chi connectivity index (χ0v) is 9.91. The molecule has 0 spiro atoms. The summed E-state index contributed by atoms with van der Waals surface area (Å²) >= 11 is 8.93. The summed E-state index contributed by atoms with van der Waals surface area (Å²) in [5, 5.41) is 11.2. The highest BCUT2D eigenvalue weighted by molar-refractivity contribution is 9.10. The molecule has 2 aromatic rings. The van der Waals surface area contributed by atoms with Crippen molar-refractivity contribution in [1.82, 2.24) is 0 Å². The van der Waals surface area contributed by atoms with Crippen LogP contribution in [0.1, 0.15) is 0 Å². The third-order valence-electron chi connectivity index (χ3n) is 1.94. The Morgan fingerprint density at radius 1 is 1.38 bits per heavy atom. The summed E-state index contributed by atoms with van der Waals surface area (Å²) in [6.45, 7) is 0. The van der Waals surface area contributed by atoms with Crippen LogP contribution in [0.3, 0.4) is 0 Å². The molecule has 0 saturated heterocycles. The van der Waals surface area contributed by atoms with Crippen molar-refractivity contribution in [2.75, 3.05) is 0 Å². The van der Waals surface area contributed by atoms with Gasteiger partial charge in [0.1, 0.15) is 0 Å². The second-order valence-corrected chi connectivity index (χ2v) is 4.29. The maximum absolute atomic E-state index is 11.1. The quantitative estimate of drug-likeness (QED) is 0.461. The summed E-state index contributed by atoms with van der Waals surface area (Å²) in [5.41, 5.74) is -1.14. The summed E-state index contributed by atoms with van der Waals surface area (Å²) in [6.07, 6.45) is 0. The molecule has 1 aromatic carbocycles. The Kier molecular flexibility index (Phi) is 2.69. The number of nitro groups is 1. The van der Waals surface area contributed by atoms with Gasteiger partial charge in [-0.2, -0.15) is 0 Å². The predicted molar refractivity (Wildman–Crippen MR) is 61.8 cm³/mol. The normalized spacial score (nSPS) is 10.6. The van der Waals surface area contributed by atoms with E-state index < -0.39 is 10.5 Å². The smallest absolute Gasteiger partial charge is 0.337 e. The van der Waals surface area contributed by atoms with Crippen LogP contribution in [0, 0.1) is 10.1 Å². The minimum absolute atomic E-state index is 0.120. The summed E-state index contributed by atoms with van der Waals surface area (Å²) in [5.74, 6) is 0. The van der Waals surface area contributed by atoms with E-state index in [1.165, 1.54) is 6.07 Å². The third kappa shape index (κ3) is 1.81. The van der Waals surface area contributed by atoms with Gasteiger partial charge in [-0.05, 0) is 6.07 Å². The van der Waals surface area contributed by atoms with Crippen LogP contribution < -0.4 is 5.63 Å². The fraction of sp³-hybridized carbons (Fsp3) is 0. The molecular weight excluding hydrogens is 301 g/mol. The first-order valence-corrected chi connectivity index (χ1v) is 5.23. The Hall–Kier alpha value is -1.40. The minimum Gasteiger partial charge on any atom is -0.415 e. The van der Waals surface area contributed by atoms with Crippen molar-refractivity contribution < 1.29 is 9.34 Å². The van der Waals surface area contributed by atoms with Gasteiger partial charge in [0.2, 0.25) is 5.58 Å². The van der Waals surface area contributed by atoms with E-state index >= 15 is 0 Å². The highest BCUT2D eigenvalue weighted by Crippen LogP contribution is 2.32. The fourth-order valence-corrected chi connectivity index (χ4v) is 1.99. The highest BCUT2D eigenvalue weighted by Gasteiger charge is 2.18.